The van der Waals surface area contributed by atoms with Crippen molar-refractivity contribution in [2.45, 2.75) is 39.0 Å². The van der Waals surface area contributed by atoms with Crippen LogP contribution >= 0.6 is 0 Å². The van der Waals surface area contributed by atoms with Crippen LogP contribution < -0.4 is 5.32 Å². The summed E-state index contributed by atoms with van der Waals surface area (Å²) in [6, 6.07) is 4.87. The molecule has 0 unspecified atom stereocenters. The molecule has 3 rings (SSSR count). The van der Waals surface area contributed by atoms with Crippen molar-refractivity contribution in [2.75, 3.05) is 25.0 Å². The van der Waals surface area contributed by atoms with E-state index in [-0.39, 0.29) is 24.7 Å². The van der Waals surface area contributed by atoms with Gasteiger partial charge in [-0.05, 0) is 45.0 Å². The molecule has 30 heavy (non-hydrogen) atoms. The zero-order valence-corrected chi connectivity index (χ0v) is 17.0. The average Bonchev–Trinajstić information content (AvgIpc) is 2.59. The third-order valence-electron chi connectivity index (χ3n) is 4.67. The summed E-state index contributed by atoms with van der Waals surface area (Å²) in [5.74, 6) is -0.0291. The highest BCUT2D eigenvalue weighted by Crippen LogP contribution is 2.33. The summed E-state index contributed by atoms with van der Waals surface area (Å²) in [5.41, 5.74) is -0.508. The highest BCUT2D eigenvalue weighted by Gasteiger charge is 2.34. The minimum atomic E-state index is -4.46. The number of fused-ring (bicyclic) bond motifs is 1. The topological polar surface area (TPSA) is 71.5 Å². The van der Waals surface area contributed by atoms with Gasteiger partial charge in [-0.1, -0.05) is 0 Å². The number of anilines is 1. The largest absolute Gasteiger partial charge is 0.444 e. The Balaban J connectivity index is 1.54. The number of nitrogens with zero attached hydrogens (tertiary/aromatic N) is 2. The van der Waals surface area contributed by atoms with Gasteiger partial charge in [0, 0.05) is 42.7 Å². The van der Waals surface area contributed by atoms with E-state index in [1.54, 1.807) is 31.7 Å². The van der Waals surface area contributed by atoms with Crippen molar-refractivity contribution in [3.05, 3.63) is 36.0 Å². The Morgan fingerprint density at radius 1 is 1.20 bits per heavy atom. The van der Waals surface area contributed by atoms with Gasteiger partial charge < -0.3 is 15.0 Å². The Bertz CT molecular complexity index is 948. The number of ether oxygens (including phenoxy) is 1. The van der Waals surface area contributed by atoms with E-state index >= 15 is 0 Å². The van der Waals surface area contributed by atoms with Gasteiger partial charge >= 0.3 is 12.3 Å². The molecule has 2 heterocycles. The maximum atomic E-state index is 13.0. The highest BCUT2D eigenvalue weighted by atomic mass is 19.4. The Labute approximate surface area is 172 Å². The molecule has 1 aliphatic heterocycles. The van der Waals surface area contributed by atoms with Crippen LogP contribution in [0.3, 0.4) is 0 Å². The average molecular weight is 423 g/mol. The lowest BCUT2D eigenvalue weighted by Crippen LogP contribution is -2.52. The molecule has 1 saturated heterocycles. The first-order valence-electron chi connectivity index (χ1n) is 9.62. The summed E-state index contributed by atoms with van der Waals surface area (Å²) in [6.07, 6.45) is -3.09. The predicted octanol–water partition coefficient (Wildman–Crippen LogP) is 4.49. The van der Waals surface area contributed by atoms with Gasteiger partial charge in [0.1, 0.15) is 5.60 Å². The third-order valence-corrected chi connectivity index (χ3v) is 4.67. The molecule has 0 atom stereocenters. The van der Waals surface area contributed by atoms with Crippen LogP contribution in [0, 0.1) is 5.92 Å². The summed E-state index contributed by atoms with van der Waals surface area (Å²) >= 11 is 0. The Morgan fingerprint density at radius 3 is 2.53 bits per heavy atom. The van der Waals surface area contributed by atoms with Crippen LogP contribution in [-0.2, 0) is 15.7 Å². The van der Waals surface area contributed by atoms with Crippen molar-refractivity contribution in [3.8, 4) is 0 Å². The molecule has 0 aliphatic carbocycles. The number of pyridine rings is 1. The van der Waals surface area contributed by atoms with Gasteiger partial charge in [0.15, 0.2) is 5.78 Å². The Morgan fingerprint density at radius 2 is 1.90 bits per heavy atom. The summed E-state index contributed by atoms with van der Waals surface area (Å²) < 4.78 is 44.3. The van der Waals surface area contributed by atoms with Crippen molar-refractivity contribution in [3.63, 3.8) is 0 Å². The van der Waals surface area contributed by atoms with Crippen molar-refractivity contribution < 1.29 is 27.5 Å². The molecule has 1 amide bonds. The number of benzene rings is 1. The number of hydrogen-bond acceptors (Lipinski definition) is 5. The van der Waals surface area contributed by atoms with Crippen LogP contribution in [-0.4, -0.2) is 47.0 Å². The minimum absolute atomic E-state index is 0.0156. The molecular weight excluding hydrogens is 399 g/mol. The lowest BCUT2D eigenvalue weighted by atomic mass is 9.94. The minimum Gasteiger partial charge on any atom is -0.444 e. The van der Waals surface area contributed by atoms with Gasteiger partial charge in [-0.15, -0.1) is 0 Å². The maximum Gasteiger partial charge on any atom is 0.416 e. The number of amides is 1. The van der Waals surface area contributed by atoms with E-state index in [1.807, 2.05) is 0 Å². The molecule has 0 bridgehead atoms. The second-order valence-corrected chi connectivity index (χ2v) is 8.44. The molecule has 2 aromatic rings. The number of alkyl halides is 3. The van der Waals surface area contributed by atoms with Crippen LogP contribution in [0.15, 0.2) is 30.5 Å². The molecule has 9 heteroatoms. The quantitative estimate of drug-likeness (QED) is 0.767. The fraction of sp³-hybridized carbons (Fsp3) is 0.476. The number of carbonyl (C=O) groups excluding carboxylic acids is 2. The number of halogens is 3. The first-order valence-corrected chi connectivity index (χ1v) is 9.62. The molecule has 1 aromatic carbocycles. The number of rotatable bonds is 5. The zero-order valence-electron chi connectivity index (χ0n) is 17.0. The molecule has 1 fully saturated rings. The fourth-order valence-electron chi connectivity index (χ4n) is 3.24. The van der Waals surface area contributed by atoms with Crippen LogP contribution in [0.1, 0.15) is 32.8 Å². The summed E-state index contributed by atoms with van der Waals surface area (Å²) in [4.78, 5) is 29.8. The predicted molar refractivity (Wildman–Crippen MR) is 106 cm³/mol. The van der Waals surface area contributed by atoms with E-state index in [2.05, 4.69) is 10.3 Å². The van der Waals surface area contributed by atoms with Crippen LogP contribution in [0.5, 0.6) is 0 Å². The summed E-state index contributed by atoms with van der Waals surface area (Å²) in [6.45, 7) is 6.26. The number of hydrogen-bond donors (Lipinski definition) is 1. The highest BCUT2D eigenvalue weighted by molar-refractivity contribution is 5.93. The smallest absolute Gasteiger partial charge is 0.416 e. The van der Waals surface area contributed by atoms with Gasteiger partial charge in [0.2, 0.25) is 0 Å². The number of Topliss-reactive ketones (excluding diaryl/α,β-unsaturated/α-hetero) is 1. The van der Waals surface area contributed by atoms with Crippen LogP contribution in [0.4, 0.5) is 23.7 Å². The van der Waals surface area contributed by atoms with E-state index in [9.17, 15) is 22.8 Å². The maximum absolute atomic E-state index is 13.0. The van der Waals surface area contributed by atoms with Crippen molar-refractivity contribution >= 4 is 28.5 Å². The molecule has 162 valence electrons. The molecule has 1 N–H and O–H groups in total. The van der Waals surface area contributed by atoms with Gasteiger partial charge in [-0.2, -0.15) is 13.2 Å². The van der Waals surface area contributed by atoms with Gasteiger partial charge in [-0.3, -0.25) is 9.78 Å². The van der Waals surface area contributed by atoms with Crippen LogP contribution in [0.2, 0.25) is 0 Å². The molecule has 0 spiro atoms. The third kappa shape index (κ3) is 5.40. The number of carbonyl (C=O) groups is 2. The second-order valence-electron chi connectivity index (χ2n) is 8.44. The number of nitrogens with one attached hydrogen (secondary N) is 1. The van der Waals surface area contributed by atoms with Gasteiger partial charge in [-0.25, -0.2) is 4.79 Å². The monoisotopic (exact) mass is 423 g/mol. The molecule has 1 aromatic heterocycles. The molecule has 0 radical (unpaired) electrons. The van der Waals surface area contributed by atoms with Gasteiger partial charge in [0.05, 0.1) is 17.6 Å². The van der Waals surface area contributed by atoms with Crippen molar-refractivity contribution in [1.82, 2.24) is 9.88 Å². The lowest BCUT2D eigenvalue weighted by Gasteiger charge is -2.39. The number of likely N-dealkylation sites (tertiary alicyclic amines) is 1. The van der Waals surface area contributed by atoms with Gasteiger partial charge in [0.25, 0.3) is 0 Å². The van der Waals surface area contributed by atoms with Crippen molar-refractivity contribution in [2.24, 2.45) is 5.92 Å². The lowest BCUT2D eigenvalue weighted by molar-refractivity contribution is -0.137. The van der Waals surface area contributed by atoms with Crippen molar-refractivity contribution in [1.29, 1.82) is 0 Å². The Kier molecular flexibility index (Phi) is 5.92. The number of ketones is 1. The fourth-order valence-corrected chi connectivity index (χ4v) is 3.24. The first-order chi connectivity index (χ1) is 13.9. The molecular formula is C21H24F3N3O3. The molecule has 0 saturated carbocycles. The van der Waals surface area contributed by atoms with Crippen LogP contribution in [0.25, 0.3) is 10.9 Å². The standard InChI is InChI=1S/C21H24F3N3O3/c1-20(2,3)30-19(29)27-11-13(12-27)8-15(28)10-26-18-6-7-25-17-5-4-14(9-16(17)18)21(22,23)24/h4-7,9,13H,8,10-12H2,1-3H3,(H,25,26). The zero-order chi connectivity index (χ0) is 22.1. The van der Waals surface area contributed by atoms with E-state index in [4.69, 9.17) is 4.74 Å². The van der Waals surface area contributed by atoms with E-state index in [1.165, 1.54) is 12.3 Å². The Hall–Kier alpha value is -2.84. The summed E-state index contributed by atoms with van der Waals surface area (Å²) in [7, 11) is 0. The normalized spacial score (nSPS) is 15.1. The SMILES string of the molecule is CC(C)(C)OC(=O)N1CC(CC(=O)CNc2ccnc3ccc(C(F)(F)F)cc23)C1. The van der Waals surface area contributed by atoms with E-state index < -0.39 is 23.4 Å². The molecule has 6 nitrogen and oxygen atoms in total. The molecule has 1 aliphatic rings. The van der Waals surface area contributed by atoms with E-state index in [0.29, 0.717) is 29.7 Å². The number of aromatic nitrogens is 1. The summed E-state index contributed by atoms with van der Waals surface area (Å²) in [5, 5.41) is 3.23. The van der Waals surface area contributed by atoms with E-state index in [0.717, 1.165) is 12.1 Å². The second kappa shape index (κ2) is 8.12. The first kappa shape index (κ1) is 21.9.